The van der Waals surface area contributed by atoms with Crippen molar-refractivity contribution in [1.29, 1.82) is 0 Å². The van der Waals surface area contributed by atoms with Gasteiger partial charge in [0.1, 0.15) is 0 Å². The predicted octanol–water partition coefficient (Wildman–Crippen LogP) is 17.5. The van der Waals surface area contributed by atoms with E-state index in [2.05, 4.69) is 265 Å². The van der Waals surface area contributed by atoms with E-state index in [1.165, 1.54) is 83.1 Å². The molecule has 0 bridgehead atoms. The lowest BCUT2D eigenvalue weighted by molar-refractivity contribution is 0.918. The molecule has 0 radical (unpaired) electrons. The largest absolute Gasteiger partial charge is 0.314 e. The third-order valence-electron chi connectivity index (χ3n) is 12.5. The van der Waals surface area contributed by atoms with Gasteiger partial charge in [-0.1, -0.05) is 182 Å². The Hall–Kier alpha value is -8.20. The number of rotatable bonds is 10. The SMILES string of the molecule is C1=CCCC(N(c2ccc(-c3ccc(-c4cccc(-c5ccc(-c6ccc(N(c7ccccc7)c7ccc8ccccc8c7)cc6)cc5)c4)cc3)cc2)c2ccc3ccccc3c2)=C1. The van der Waals surface area contributed by atoms with Gasteiger partial charge >= 0.3 is 0 Å². The summed E-state index contributed by atoms with van der Waals surface area (Å²) in [6, 6.07) is 85.9. The minimum atomic E-state index is 1.01. The summed E-state index contributed by atoms with van der Waals surface area (Å²) in [5, 5.41) is 4.97. The second kappa shape index (κ2) is 17.3. The fourth-order valence-electron chi connectivity index (χ4n) is 9.11. The molecule has 64 heavy (non-hydrogen) atoms. The van der Waals surface area contributed by atoms with Crippen LogP contribution in [0.3, 0.4) is 0 Å². The summed E-state index contributed by atoms with van der Waals surface area (Å²) in [5.74, 6) is 0. The molecule has 10 aromatic rings. The van der Waals surface area contributed by atoms with Crippen LogP contribution in [0.1, 0.15) is 12.8 Å². The molecule has 2 nitrogen and oxygen atoms in total. The molecule has 0 saturated heterocycles. The van der Waals surface area contributed by atoms with Gasteiger partial charge < -0.3 is 9.80 Å². The summed E-state index contributed by atoms with van der Waals surface area (Å²) in [6.45, 7) is 0. The van der Waals surface area contributed by atoms with Gasteiger partial charge in [0, 0.05) is 34.1 Å². The fraction of sp³-hybridized carbons (Fsp3) is 0.0323. The highest BCUT2D eigenvalue weighted by atomic mass is 15.2. The molecule has 11 rings (SSSR count). The summed E-state index contributed by atoms with van der Waals surface area (Å²) in [5.41, 5.74) is 16.6. The molecule has 2 heteroatoms. The zero-order valence-electron chi connectivity index (χ0n) is 35.6. The highest BCUT2D eigenvalue weighted by Crippen LogP contribution is 2.39. The number of allylic oxidation sites excluding steroid dienone is 4. The van der Waals surface area contributed by atoms with Gasteiger partial charge in [0.2, 0.25) is 0 Å². The average molecular weight is 819 g/mol. The summed E-state index contributed by atoms with van der Waals surface area (Å²) in [4.78, 5) is 4.74. The van der Waals surface area contributed by atoms with Gasteiger partial charge in [-0.3, -0.25) is 0 Å². The van der Waals surface area contributed by atoms with E-state index < -0.39 is 0 Å². The van der Waals surface area contributed by atoms with Crippen molar-refractivity contribution in [2.75, 3.05) is 9.80 Å². The standard InChI is InChI=1S/C62H46N2/c1-3-18-57(19-4-1)63(61-40-34-45-12-7-9-14-55(45)43-61)59-36-30-49(31-37-59)47-22-26-51(27-23-47)53-16-11-17-54(42-53)52-28-24-48(25-29-52)50-32-38-60(39-33-50)64(58-20-5-2-6-21-58)62-41-35-46-13-8-10-15-56(46)44-62/h1-5,7-20,22-44H,6,21H2. The number of hydrogen-bond acceptors (Lipinski definition) is 2. The van der Waals surface area contributed by atoms with Crippen molar-refractivity contribution in [3.8, 4) is 44.5 Å². The molecule has 1 aliphatic carbocycles. The lowest BCUT2D eigenvalue weighted by Crippen LogP contribution is -2.17. The Labute approximate surface area is 376 Å². The van der Waals surface area contributed by atoms with Crippen LogP contribution in [0.15, 0.2) is 261 Å². The molecule has 1 aliphatic rings. The zero-order valence-corrected chi connectivity index (χ0v) is 35.6. The van der Waals surface area contributed by atoms with E-state index in [0.29, 0.717) is 0 Å². The van der Waals surface area contributed by atoms with Crippen molar-refractivity contribution < 1.29 is 0 Å². The molecule has 0 spiro atoms. The molecule has 0 unspecified atom stereocenters. The zero-order chi connectivity index (χ0) is 42.7. The summed E-state index contributed by atoms with van der Waals surface area (Å²) in [6.07, 6.45) is 8.74. The van der Waals surface area contributed by atoms with E-state index in [1.54, 1.807) is 0 Å². The van der Waals surface area contributed by atoms with Gasteiger partial charge in [-0.15, -0.1) is 0 Å². The molecule has 0 amide bonds. The van der Waals surface area contributed by atoms with Crippen LogP contribution in [0, 0.1) is 0 Å². The Balaban J connectivity index is 0.802. The second-order valence-corrected chi connectivity index (χ2v) is 16.5. The summed E-state index contributed by atoms with van der Waals surface area (Å²) >= 11 is 0. The Bertz CT molecular complexity index is 3290. The van der Waals surface area contributed by atoms with Crippen LogP contribution >= 0.6 is 0 Å². The molecule has 0 atom stereocenters. The van der Waals surface area contributed by atoms with Crippen molar-refractivity contribution in [1.82, 2.24) is 0 Å². The topological polar surface area (TPSA) is 6.48 Å². The van der Waals surface area contributed by atoms with E-state index in [-0.39, 0.29) is 0 Å². The third-order valence-corrected chi connectivity index (χ3v) is 12.5. The van der Waals surface area contributed by atoms with Crippen LogP contribution in [-0.2, 0) is 0 Å². The Kier molecular flexibility index (Phi) is 10.5. The normalized spacial score (nSPS) is 12.3. The molecule has 0 saturated carbocycles. The van der Waals surface area contributed by atoms with Crippen molar-refractivity contribution in [2.45, 2.75) is 12.8 Å². The highest BCUT2D eigenvalue weighted by molar-refractivity contribution is 5.90. The van der Waals surface area contributed by atoms with Crippen LogP contribution in [0.5, 0.6) is 0 Å². The van der Waals surface area contributed by atoms with Crippen molar-refractivity contribution in [2.24, 2.45) is 0 Å². The van der Waals surface area contributed by atoms with Crippen LogP contribution < -0.4 is 9.80 Å². The molecule has 0 fully saturated rings. The van der Waals surface area contributed by atoms with Crippen LogP contribution in [0.4, 0.5) is 28.4 Å². The summed E-state index contributed by atoms with van der Waals surface area (Å²) in [7, 11) is 0. The number of fused-ring (bicyclic) bond motifs is 2. The lowest BCUT2D eigenvalue weighted by Gasteiger charge is -2.29. The lowest BCUT2D eigenvalue weighted by atomic mass is 9.96. The van der Waals surface area contributed by atoms with E-state index >= 15 is 0 Å². The van der Waals surface area contributed by atoms with Gasteiger partial charge in [-0.25, -0.2) is 0 Å². The number of hydrogen-bond donors (Lipinski definition) is 0. The molecule has 304 valence electrons. The third kappa shape index (κ3) is 7.90. The molecule has 0 heterocycles. The van der Waals surface area contributed by atoms with Crippen molar-refractivity contribution >= 4 is 50.0 Å². The van der Waals surface area contributed by atoms with Crippen LogP contribution in [0.25, 0.3) is 66.1 Å². The first kappa shape index (κ1) is 38.7. The smallest absolute Gasteiger partial charge is 0.0468 e. The maximum Gasteiger partial charge on any atom is 0.0468 e. The Morgan fingerprint density at radius 2 is 0.656 bits per heavy atom. The molecular formula is C62H46N2. The quantitative estimate of drug-likeness (QED) is 0.136. The van der Waals surface area contributed by atoms with Crippen molar-refractivity contribution in [3.05, 3.63) is 261 Å². The molecule has 10 aromatic carbocycles. The average Bonchev–Trinajstić information content (AvgIpc) is 3.38. The molecular weight excluding hydrogens is 773 g/mol. The van der Waals surface area contributed by atoms with Crippen molar-refractivity contribution in [3.63, 3.8) is 0 Å². The van der Waals surface area contributed by atoms with E-state index in [1.807, 2.05) is 0 Å². The first-order chi connectivity index (χ1) is 31.7. The van der Waals surface area contributed by atoms with Gasteiger partial charge in [0.05, 0.1) is 0 Å². The highest BCUT2D eigenvalue weighted by Gasteiger charge is 2.17. The van der Waals surface area contributed by atoms with E-state index in [9.17, 15) is 0 Å². The molecule has 0 aliphatic heterocycles. The van der Waals surface area contributed by atoms with Gasteiger partial charge in [-0.2, -0.15) is 0 Å². The fourth-order valence-corrected chi connectivity index (χ4v) is 9.11. The second-order valence-electron chi connectivity index (χ2n) is 16.5. The number of para-hydroxylation sites is 1. The Morgan fingerprint density at radius 1 is 0.266 bits per heavy atom. The number of nitrogens with zero attached hydrogens (tertiary/aromatic N) is 2. The predicted molar refractivity (Wildman–Crippen MR) is 273 cm³/mol. The maximum absolute atomic E-state index is 2.41. The van der Waals surface area contributed by atoms with Gasteiger partial charge in [-0.05, 0) is 152 Å². The summed E-state index contributed by atoms with van der Waals surface area (Å²) < 4.78 is 0. The van der Waals surface area contributed by atoms with E-state index in [0.717, 1.165) is 29.9 Å². The molecule has 0 aromatic heterocycles. The van der Waals surface area contributed by atoms with Gasteiger partial charge in [0.15, 0.2) is 0 Å². The molecule has 0 N–H and O–H groups in total. The maximum atomic E-state index is 2.41. The first-order valence-corrected chi connectivity index (χ1v) is 22.2. The van der Waals surface area contributed by atoms with Crippen LogP contribution in [0.2, 0.25) is 0 Å². The first-order valence-electron chi connectivity index (χ1n) is 22.2. The monoisotopic (exact) mass is 818 g/mol. The minimum Gasteiger partial charge on any atom is -0.314 e. The Morgan fingerprint density at radius 3 is 1.14 bits per heavy atom. The van der Waals surface area contributed by atoms with Crippen LogP contribution in [-0.4, -0.2) is 0 Å². The van der Waals surface area contributed by atoms with Gasteiger partial charge in [0.25, 0.3) is 0 Å². The number of benzene rings is 10. The minimum absolute atomic E-state index is 1.01. The number of anilines is 5. The van der Waals surface area contributed by atoms with E-state index in [4.69, 9.17) is 0 Å².